The highest BCUT2D eigenvalue weighted by Gasteiger charge is 2.09. The SMILES string of the molecule is COc1ccc(Cl)c(Nc2cc(C(=O)O)ccc2N)c1. The molecule has 2 aromatic rings. The predicted molar refractivity (Wildman–Crippen MR) is 79.1 cm³/mol. The molecule has 0 heterocycles. The Labute approximate surface area is 120 Å². The first kappa shape index (κ1) is 14.0. The topological polar surface area (TPSA) is 84.6 Å². The van der Waals surface area contributed by atoms with Gasteiger partial charge in [-0.2, -0.15) is 0 Å². The van der Waals surface area contributed by atoms with E-state index >= 15 is 0 Å². The number of nitrogen functional groups attached to an aromatic ring is 1. The third-order valence-corrected chi connectivity index (χ3v) is 3.07. The standard InChI is InChI=1S/C14H13ClN2O3/c1-20-9-3-4-10(15)12(7-9)17-13-6-8(14(18)19)2-5-11(13)16/h2-7,17H,16H2,1H3,(H,18,19). The second kappa shape index (κ2) is 5.71. The van der Waals surface area contributed by atoms with Crippen LogP contribution in [0.2, 0.25) is 5.02 Å². The molecule has 20 heavy (non-hydrogen) atoms. The van der Waals surface area contributed by atoms with Gasteiger partial charge in [0.05, 0.1) is 34.8 Å². The predicted octanol–water partition coefficient (Wildman–Crippen LogP) is 3.37. The van der Waals surface area contributed by atoms with E-state index in [0.717, 1.165) is 0 Å². The number of anilines is 3. The number of ether oxygens (including phenoxy) is 1. The lowest BCUT2D eigenvalue weighted by atomic mass is 10.1. The lowest BCUT2D eigenvalue weighted by Gasteiger charge is -2.12. The van der Waals surface area contributed by atoms with Crippen LogP contribution >= 0.6 is 11.6 Å². The van der Waals surface area contributed by atoms with Gasteiger partial charge in [0.15, 0.2) is 0 Å². The van der Waals surface area contributed by atoms with Crippen LogP contribution in [0.4, 0.5) is 17.1 Å². The van der Waals surface area contributed by atoms with E-state index in [1.165, 1.54) is 18.2 Å². The highest BCUT2D eigenvalue weighted by Crippen LogP contribution is 2.31. The molecular weight excluding hydrogens is 280 g/mol. The Morgan fingerprint density at radius 1 is 1.25 bits per heavy atom. The number of rotatable bonds is 4. The quantitative estimate of drug-likeness (QED) is 0.752. The molecule has 2 aromatic carbocycles. The number of aromatic carboxylic acids is 1. The maximum Gasteiger partial charge on any atom is 0.335 e. The second-order valence-corrected chi connectivity index (χ2v) is 4.49. The molecule has 0 aromatic heterocycles. The van der Waals surface area contributed by atoms with Crippen LogP contribution in [-0.4, -0.2) is 18.2 Å². The molecule has 0 aliphatic heterocycles. The molecule has 0 saturated carbocycles. The molecule has 0 unspecified atom stereocenters. The summed E-state index contributed by atoms with van der Waals surface area (Å²) in [5.41, 5.74) is 7.45. The summed E-state index contributed by atoms with van der Waals surface area (Å²) in [5.74, 6) is -0.394. The summed E-state index contributed by atoms with van der Waals surface area (Å²) in [6.07, 6.45) is 0. The third-order valence-electron chi connectivity index (χ3n) is 2.74. The van der Waals surface area contributed by atoms with Gasteiger partial charge in [0.25, 0.3) is 0 Å². The zero-order valence-electron chi connectivity index (χ0n) is 10.7. The average molecular weight is 293 g/mol. The van der Waals surface area contributed by atoms with E-state index in [9.17, 15) is 4.79 Å². The van der Waals surface area contributed by atoms with E-state index in [0.29, 0.717) is 27.8 Å². The van der Waals surface area contributed by atoms with Crippen molar-refractivity contribution in [1.29, 1.82) is 0 Å². The molecule has 104 valence electrons. The van der Waals surface area contributed by atoms with Gasteiger partial charge in [0.2, 0.25) is 0 Å². The van der Waals surface area contributed by atoms with Gasteiger partial charge in [-0.1, -0.05) is 11.6 Å². The zero-order valence-corrected chi connectivity index (χ0v) is 11.4. The minimum absolute atomic E-state index is 0.140. The highest BCUT2D eigenvalue weighted by atomic mass is 35.5. The highest BCUT2D eigenvalue weighted by molar-refractivity contribution is 6.33. The van der Waals surface area contributed by atoms with E-state index in [4.69, 9.17) is 27.2 Å². The number of nitrogens with one attached hydrogen (secondary N) is 1. The Hall–Kier alpha value is -2.40. The van der Waals surface area contributed by atoms with Gasteiger partial charge < -0.3 is 20.9 Å². The van der Waals surface area contributed by atoms with Gasteiger partial charge in [-0.3, -0.25) is 0 Å². The van der Waals surface area contributed by atoms with Crippen molar-refractivity contribution in [2.75, 3.05) is 18.2 Å². The summed E-state index contributed by atoms with van der Waals surface area (Å²) in [4.78, 5) is 11.0. The van der Waals surface area contributed by atoms with E-state index < -0.39 is 5.97 Å². The van der Waals surface area contributed by atoms with Crippen LogP contribution in [0, 0.1) is 0 Å². The number of nitrogens with two attached hydrogens (primary N) is 1. The van der Waals surface area contributed by atoms with Gasteiger partial charge in [-0.05, 0) is 30.3 Å². The van der Waals surface area contributed by atoms with Crippen LogP contribution in [0.3, 0.4) is 0 Å². The number of hydrogen-bond acceptors (Lipinski definition) is 4. The van der Waals surface area contributed by atoms with Crippen molar-refractivity contribution in [3.63, 3.8) is 0 Å². The Kier molecular flexibility index (Phi) is 4.00. The molecule has 0 saturated heterocycles. The molecule has 0 bridgehead atoms. The van der Waals surface area contributed by atoms with Gasteiger partial charge in [-0.15, -0.1) is 0 Å². The minimum Gasteiger partial charge on any atom is -0.497 e. The lowest BCUT2D eigenvalue weighted by Crippen LogP contribution is -2.02. The average Bonchev–Trinajstić information content (AvgIpc) is 2.43. The van der Waals surface area contributed by atoms with Crippen LogP contribution in [0.15, 0.2) is 36.4 Å². The van der Waals surface area contributed by atoms with Gasteiger partial charge in [-0.25, -0.2) is 4.79 Å². The van der Waals surface area contributed by atoms with Crippen molar-refractivity contribution in [2.24, 2.45) is 0 Å². The molecule has 0 spiro atoms. The van der Waals surface area contributed by atoms with Crippen molar-refractivity contribution in [3.8, 4) is 5.75 Å². The molecule has 0 aliphatic rings. The van der Waals surface area contributed by atoms with Crippen molar-refractivity contribution in [3.05, 3.63) is 47.0 Å². The fourth-order valence-corrected chi connectivity index (χ4v) is 1.83. The van der Waals surface area contributed by atoms with Crippen LogP contribution in [0.25, 0.3) is 0 Å². The first-order valence-electron chi connectivity index (χ1n) is 5.74. The summed E-state index contributed by atoms with van der Waals surface area (Å²) in [6.45, 7) is 0. The zero-order chi connectivity index (χ0) is 14.7. The fourth-order valence-electron chi connectivity index (χ4n) is 1.67. The van der Waals surface area contributed by atoms with Crippen LogP contribution in [0.1, 0.15) is 10.4 Å². The second-order valence-electron chi connectivity index (χ2n) is 4.08. The number of halogens is 1. The Balaban J connectivity index is 2.38. The normalized spacial score (nSPS) is 10.1. The third kappa shape index (κ3) is 2.95. The number of carboxylic acid groups (broad SMARTS) is 1. The molecule has 0 radical (unpaired) electrons. The molecule has 2 rings (SSSR count). The molecule has 0 fully saturated rings. The molecular formula is C14H13ClN2O3. The smallest absolute Gasteiger partial charge is 0.335 e. The monoisotopic (exact) mass is 292 g/mol. The number of hydrogen-bond donors (Lipinski definition) is 3. The molecule has 5 nitrogen and oxygen atoms in total. The summed E-state index contributed by atoms with van der Waals surface area (Å²) >= 11 is 6.08. The van der Waals surface area contributed by atoms with Crippen molar-refractivity contribution >= 4 is 34.6 Å². The van der Waals surface area contributed by atoms with Crippen molar-refractivity contribution in [2.45, 2.75) is 0 Å². The van der Waals surface area contributed by atoms with Crippen LogP contribution < -0.4 is 15.8 Å². The van der Waals surface area contributed by atoms with E-state index in [-0.39, 0.29) is 5.56 Å². The van der Waals surface area contributed by atoms with Crippen molar-refractivity contribution in [1.82, 2.24) is 0 Å². The first-order valence-corrected chi connectivity index (χ1v) is 6.12. The molecule has 6 heteroatoms. The molecule has 0 atom stereocenters. The van der Waals surface area contributed by atoms with Gasteiger partial charge in [0, 0.05) is 6.07 Å². The maximum absolute atomic E-state index is 11.0. The lowest BCUT2D eigenvalue weighted by molar-refractivity contribution is 0.0697. The van der Waals surface area contributed by atoms with E-state index in [2.05, 4.69) is 5.32 Å². The number of carbonyl (C=O) groups is 1. The Morgan fingerprint density at radius 2 is 2.00 bits per heavy atom. The van der Waals surface area contributed by atoms with E-state index in [1.807, 2.05) is 0 Å². The molecule has 0 aliphatic carbocycles. The van der Waals surface area contributed by atoms with Gasteiger partial charge >= 0.3 is 5.97 Å². The summed E-state index contributed by atoms with van der Waals surface area (Å²) in [7, 11) is 1.55. The maximum atomic E-state index is 11.0. The fraction of sp³-hybridized carbons (Fsp3) is 0.0714. The summed E-state index contributed by atoms with van der Waals surface area (Å²) < 4.78 is 5.12. The van der Waals surface area contributed by atoms with Crippen molar-refractivity contribution < 1.29 is 14.6 Å². The largest absolute Gasteiger partial charge is 0.497 e. The first-order chi connectivity index (χ1) is 9.51. The van der Waals surface area contributed by atoms with Crippen LogP contribution in [-0.2, 0) is 0 Å². The summed E-state index contributed by atoms with van der Waals surface area (Å²) in [6, 6.07) is 9.53. The number of methoxy groups -OCH3 is 1. The molecule has 0 amide bonds. The Bertz CT molecular complexity index is 659. The summed E-state index contributed by atoms with van der Waals surface area (Å²) in [5, 5.41) is 12.5. The Morgan fingerprint density at radius 3 is 2.65 bits per heavy atom. The minimum atomic E-state index is -1.02. The van der Waals surface area contributed by atoms with E-state index in [1.54, 1.807) is 25.3 Å². The van der Waals surface area contributed by atoms with Crippen LogP contribution in [0.5, 0.6) is 5.75 Å². The number of benzene rings is 2. The van der Waals surface area contributed by atoms with Gasteiger partial charge in [0.1, 0.15) is 5.75 Å². The molecule has 4 N–H and O–H groups in total. The number of carboxylic acids is 1.